The molecule has 128 valence electrons. The van der Waals surface area contributed by atoms with E-state index >= 15 is 0 Å². The van der Waals surface area contributed by atoms with Gasteiger partial charge in [0.15, 0.2) is 0 Å². The van der Waals surface area contributed by atoms with Crippen LogP contribution in [-0.4, -0.2) is 31.5 Å². The van der Waals surface area contributed by atoms with Gasteiger partial charge in [0, 0.05) is 31.7 Å². The van der Waals surface area contributed by atoms with Crippen molar-refractivity contribution >= 4 is 0 Å². The van der Waals surface area contributed by atoms with Crippen molar-refractivity contribution in [3.63, 3.8) is 0 Å². The zero-order valence-electron chi connectivity index (χ0n) is 14.4. The summed E-state index contributed by atoms with van der Waals surface area (Å²) in [5.74, 6) is 0. The smallest absolute Gasteiger partial charge is 0.0536 e. The van der Waals surface area contributed by atoms with Gasteiger partial charge in [0.1, 0.15) is 0 Å². The minimum absolute atomic E-state index is 0.0996. The number of benzene rings is 2. The van der Waals surface area contributed by atoms with E-state index in [9.17, 15) is 5.11 Å². The third-order valence-electron chi connectivity index (χ3n) is 5.04. The third-order valence-corrected chi connectivity index (χ3v) is 5.04. The molecule has 0 bridgehead atoms. The predicted molar refractivity (Wildman–Crippen MR) is 97.9 cm³/mol. The van der Waals surface area contributed by atoms with E-state index < -0.39 is 0 Å². The molecule has 2 aromatic carbocycles. The van der Waals surface area contributed by atoms with Gasteiger partial charge in [-0.25, -0.2) is 0 Å². The normalized spacial score (nSPS) is 20.4. The van der Waals surface area contributed by atoms with Gasteiger partial charge in [0.2, 0.25) is 0 Å². The highest BCUT2D eigenvalue weighted by molar-refractivity contribution is 5.67. The summed E-state index contributed by atoms with van der Waals surface area (Å²) in [7, 11) is 0. The highest BCUT2D eigenvalue weighted by atomic mass is 16.5. The van der Waals surface area contributed by atoms with Gasteiger partial charge < -0.3 is 15.2 Å². The molecule has 1 fully saturated rings. The highest BCUT2D eigenvalue weighted by Gasteiger charge is 2.33. The van der Waals surface area contributed by atoms with Crippen molar-refractivity contribution < 1.29 is 9.84 Å². The van der Waals surface area contributed by atoms with Crippen molar-refractivity contribution in [3.05, 3.63) is 59.7 Å². The molecule has 0 aromatic heterocycles. The number of hydrogen-bond donors (Lipinski definition) is 2. The van der Waals surface area contributed by atoms with Gasteiger partial charge in [-0.15, -0.1) is 0 Å². The second kappa shape index (κ2) is 7.93. The monoisotopic (exact) mass is 325 g/mol. The number of nitrogens with one attached hydrogen (secondary N) is 1. The highest BCUT2D eigenvalue weighted by Crippen LogP contribution is 2.31. The van der Waals surface area contributed by atoms with Crippen LogP contribution in [0.15, 0.2) is 48.5 Å². The molecule has 3 heteroatoms. The zero-order chi connectivity index (χ0) is 16.8. The van der Waals surface area contributed by atoms with E-state index in [0.29, 0.717) is 0 Å². The summed E-state index contributed by atoms with van der Waals surface area (Å²) < 4.78 is 5.55. The van der Waals surface area contributed by atoms with Gasteiger partial charge in [-0.05, 0) is 48.1 Å². The van der Waals surface area contributed by atoms with E-state index in [1.807, 2.05) is 0 Å². The Balaban J connectivity index is 1.64. The quantitative estimate of drug-likeness (QED) is 0.818. The van der Waals surface area contributed by atoms with Crippen molar-refractivity contribution in [2.75, 3.05) is 26.4 Å². The molecular weight excluding hydrogens is 298 g/mol. The number of ether oxygens (including phenoxy) is 1. The first-order chi connectivity index (χ1) is 11.7. The molecule has 3 nitrogen and oxygen atoms in total. The summed E-state index contributed by atoms with van der Waals surface area (Å²) in [5, 5.41) is 12.9. The van der Waals surface area contributed by atoms with Crippen LogP contribution in [0.2, 0.25) is 0 Å². The Morgan fingerprint density at radius 3 is 2.79 bits per heavy atom. The lowest BCUT2D eigenvalue weighted by Gasteiger charge is -2.27. The molecule has 0 radical (unpaired) electrons. The lowest BCUT2D eigenvalue weighted by Crippen LogP contribution is -2.35. The number of aliphatic hydroxyl groups is 1. The lowest BCUT2D eigenvalue weighted by atomic mass is 9.84. The maximum Gasteiger partial charge on any atom is 0.0536 e. The SMILES string of the molecule is Cc1ccccc1-c1cccc(CNCC2(CCO)CCOC2)c1. The molecule has 1 atom stereocenters. The molecule has 1 aliphatic rings. The second-order valence-electron chi connectivity index (χ2n) is 6.90. The van der Waals surface area contributed by atoms with E-state index in [1.165, 1.54) is 22.3 Å². The summed E-state index contributed by atoms with van der Waals surface area (Å²) >= 11 is 0. The fourth-order valence-corrected chi connectivity index (χ4v) is 3.53. The van der Waals surface area contributed by atoms with Gasteiger partial charge in [-0.2, -0.15) is 0 Å². The summed E-state index contributed by atoms with van der Waals surface area (Å²) in [6.07, 6.45) is 1.84. The first-order valence-electron chi connectivity index (χ1n) is 8.77. The Labute approximate surface area is 144 Å². The van der Waals surface area contributed by atoms with Gasteiger partial charge in [-0.1, -0.05) is 42.5 Å². The molecule has 2 aromatic rings. The first-order valence-corrected chi connectivity index (χ1v) is 8.77. The van der Waals surface area contributed by atoms with Crippen LogP contribution >= 0.6 is 0 Å². The number of aryl methyl sites for hydroxylation is 1. The number of hydrogen-bond acceptors (Lipinski definition) is 3. The van der Waals surface area contributed by atoms with E-state index in [1.54, 1.807) is 0 Å². The second-order valence-corrected chi connectivity index (χ2v) is 6.90. The van der Waals surface area contributed by atoms with E-state index in [-0.39, 0.29) is 12.0 Å². The Morgan fingerprint density at radius 1 is 1.17 bits per heavy atom. The molecule has 0 amide bonds. The molecule has 24 heavy (non-hydrogen) atoms. The average Bonchev–Trinajstić information content (AvgIpc) is 3.05. The summed E-state index contributed by atoms with van der Waals surface area (Å²) in [5.41, 5.74) is 5.24. The predicted octanol–water partition coefficient (Wildman–Crippen LogP) is 3.54. The first kappa shape index (κ1) is 17.2. The lowest BCUT2D eigenvalue weighted by molar-refractivity contribution is 0.124. The Morgan fingerprint density at radius 2 is 2.04 bits per heavy atom. The van der Waals surface area contributed by atoms with Gasteiger partial charge in [-0.3, -0.25) is 0 Å². The average molecular weight is 325 g/mol. The zero-order valence-corrected chi connectivity index (χ0v) is 14.4. The van der Waals surface area contributed by atoms with Crippen LogP contribution in [0.5, 0.6) is 0 Å². The van der Waals surface area contributed by atoms with Crippen LogP contribution in [0.1, 0.15) is 24.0 Å². The molecule has 2 N–H and O–H groups in total. The largest absolute Gasteiger partial charge is 0.396 e. The molecule has 1 heterocycles. The van der Waals surface area contributed by atoms with Crippen LogP contribution in [0.4, 0.5) is 0 Å². The van der Waals surface area contributed by atoms with E-state index in [0.717, 1.165) is 39.1 Å². The third kappa shape index (κ3) is 4.04. The molecule has 1 unspecified atom stereocenters. The standard InChI is InChI=1S/C21H27NO2/c1-17-5-2-3-8-20(17)19-7-4-6-18(13-19)14-22-15-21(9-11-23)10-12-24-16-21/h2-8,13,22-23H,9-12,14-16H2,1H3. The van der Waals surface area contributed by atoms with Crippen LogP contribution in [0, 0.1) is 12.3 Å². The molecule has 0 saturated carbocycles. The van der Waals surface area contributed by atoms with Crippen molar-refractivity contribution in [1.29, 1.82) is 0 Å². The maximum absolute atomic E-state index is 9.31. The Hall–Kier alpha value is -1.68. The van der Waals surface area contributed by atoms with Crippen LogP contribution in [0.25, 0.3) is 11.1 Å². The maximum atomic E-state index is 9.31. The van der Waals surface area contributed by atoms with Crippen LogP contribution in [0.3, 0.4) is 0 Å². The molecule has 3 rings (SSSR count). The molecule has 1 aliphatic heterocycles. The van der Waals surface area contributed by atoms with Crippen LogP contribution < -0.4 is 5.32 Å². The van der Waals surface area contributed by atoms with Crippen molar-refractivity contribution in [3.8, 4) is 11.1 Å². The Kier molecular flexibility index (Phi) is 5.67. The topological polar surface area (TPSA) is 41.5 Å². The minimum Gasteiger partial charge on any atom is -0.396 e. The molecule has 0 spiro atoms. The van der Waals surface area contributed by atoms with Crippen LogP contribution in [-0.2, 0) is 11.3 Å². The van der Waals surface area contributed by atoms with Crippen molar-refractivity contribution in [1.82, 2.24) is 5.32 Å². The fraction of sp³-hybridized carbons (Fsp3) is 0.429. The van der Waals surface area contributed by atoms with Gasteiger partial charge in [0.25, 0.3) is 0 Å². The van der Waals surface area contributed by atoms with Crippen molar-refractivity contribution in [2.45, 2.75) is 26.3 Å². The fourth-order valence-electron chi connectivity index (χ4n) is 3.53. The molecule has 1 saturated heterocycles. The number of rotatable bonds is 7. The van der Waals surface area contributed by atoms with E-state index in [4.69, 9.17) is 4.74 Å². The van der Waals surface area contributed by atoms with Gasteiger partial charge in [0.05, 0.1) is 6.61 Å². The summed E-state index contributed by atoms with van der Waals surface area (Å²) in [6, 6.07) is 17.2. The summed E-state index contributed by atoms with van der Waals surface area (Å²) in [6.45, 7) is 5.68. The molecule has 0 aliphatic carbocycles. The van der Waals surface area contributed by atoms with Gasteiger partial charge >= 0.3 is 0 Å². The summed E-state index contributed by atoms with van der Waals surface area (Å²) in [4.78, 5) is 0. The molecular formula is C21H27NO2. The number of aliphatic hydroxyl groups excluding tert-OH is 1. The Bertz CT molecular complexity index is 662. The van der Waals surface area contributed by atoms with E-state index in [2.05, 4.69) is 60.8 Å². The minimum atomic E-state index is 0.0996. The van der Waals surface area contributed by atoms with Crippen molar-refractivity contribution in [2.24, 2.45) is 5.41 Å².